The lowest BCUT2D eigenvalue weighted by atomic mass is 9.87. The highest BCUT2D eigenvalue weighted by Gasteiger charge is 2.42. The summed E-state index contributed by atoms with van der Waals surface area (Å²) in [5.41, 5.74) is 2.74. The van der Waals surface area contributed by atoms with Crippen LogP contribution in [0.5, 0.6) is 0 Å². The molecule has 0 aliphatic carbocycles. The highest BCUT2D eigenvalue weighted by Crippen LogP contribution is 2.38. The molecule has 0 bridgehead atoms. The van der Waals surface area contributed by atoms with E-state index in [0.717, 1.165) is 50.9 Å². The maximum Gasteiger partial charge on any atom is 0.194 e. The molecule has 2 aliphatic heterocycles. The molecule has 152 valence electrons. The number of hydrogen-bond acceptors (Lipinski definition) is 3. The second-order valence-electron chi connectivity index (χ2n) is 7.68. The maximum absolute atomic E-state index is 5.65. The van der Waals surface area contributed by atoms with Crippen LogP contribution in [0.4, 0.5) is 0 Å². The molecule has 4 rings (SSSR count). The quantitative estimate of drug-likeness (QED) is 0.394. The van der Waals surface area contributed by atoms with Gasteiger partial charge in [0, 0.05) is 43.4 Å². The van der Waals surface area contributed by atoms with Gasteiger partial charge in [-0.3, -0.25) is 4.68 Å². The molecule has 2 aliphatic rings. The van der Waals surface area contributed by atoms with Crippen molar-refractivity contribution in [1.82, 2.24) is 20.0 Å². The number of guanidine groups is 1. The minimum atomic E-state index is 0. The van der Waals surface area contributed by atoms with E-state index in [1.54, 1.807) is 0 Å². The summed E-state index contributed by atoms with van der Waals surface area (Å²) in [6.07, 6.45) is 6.39. The normalized spacial score (nSPS) is 21.9. The molecule has 1 unspecified atom stereocenters. The molecule has 0 saturated carbocycles. The average Bonchev–Trinajstić information content (AvgIpc) is 3.43. The molecule has 0 amide bonds. The highest BCUT2D eigenvalue weighted by molar-refractivity contribution is 14.0. The maximum atomic E-state index is 5.65. The van der Waals surface area contributed by atoms with Gasteiger partial charge in [0.05, 0.1) is 25.9 Å². The third-order valence-corrected chi connectivity index (χ3v) is 5.54. The summed E-state index contributed by atoms with van der Waals surface area (Å²) in [5, 5.41) is 7.94. The van der Waals surface area contributed by atoms with Crippen LogP contribution in [0, 0.1) is 5.41 Å². The predicted molar refractivity (Wildman–Crippen MR) is 122 cm³/mol. The predicted octanol–water partition coefficient (Wildman–Crippen LogP) is 3.13. The van der Waals surface area contributed by atoms with Crippen molar-refractivity contribution in [3.63, 3.8) is 0 Å². The van der Waals surface area contributed by atoms with E-state index in [4.69, 9.17) is 9.73 Å². The highest BCUT2D eigenvalue weighted by atomic mass is 127. The van der Waals surface area contributed by atoms with E-state index in [9.17, 15) is 0 Å². The van der Waals surface area contributed by atoms with Crippen molar-refractivity contribution in [2.24, 2.45) is 10.4 Å². The Hall–Kier alpha value is -1.61. The van der Waals surface area contributed by atoms with Gasteiger partial charge in [0.25, 0.3) is 0 Å². The Kier molecular flexibility index (Phi) is 7.34. The first kappa shape index (κ1) is 21.1. The standard InChI is InChI=1S/C21H29N5O.HI/c1-2-22-20(25-10-8-21(16-25)9-11-27-17-21)23-12-19-13-24-26(15-19)14-18-6-4-3-5-7-18;/h3-7,13,15H,2,8-12,14,16-17H2,1H3,(H,22,23);1H. The molecule has 1 N–H and O–H groups in total. The van der Waals surface area contributed by atoms with Gasteiger partial charge in [-0.1, -0.05) is 30.3 Å². The molecular formula is C21H30IN5O. The number of likely N-dealkylation sites (tertiary alicyclic amines) is 1. The van der Waals surface area contributed by atoms with E-state index in [2.05, 4.69) is 52.7 Å². The summed E-state index contributed by atoms with van der Waals surface area (Å²) < 4.78 is 7.63. The second kappa shape index (κ2) is 9.73. The largest absolute Gasteiger partial charge is 0.381 e. The number of ether oxygens (including phenoxy) is 1. The molecule has 6 nitrogen and oxygen atoms in total. The van der Waals surface area contributed by atoms with Gasteiger partial charge >= 0.3 is 0 Å². The van der Waals surface area contributed by atoms with Gasteiger partial charge in [0.1, 0.15) is 0 Å². The van der Waals surface area contributed by atoms with Gasteiger partial charge < -0.3 is 15.0 Å². The summed E-state index contributed by atoms with van der Waals surface area (Å²) in [7, 11) is 0. The van der Waals surface area contributed by atoms with Crippen molar-refractivity contribution in [3.05, 3.63) is 53.9 Å². The van der Waals surface area contributed by atoms with E-state index < -0.39 is 0 Å². The number of nitrogens with zero attached hydrogens (tertiary/aromatic N) is 4. The minimum Gasteiger partial charge on any atom is -0.381 e. The summed E-state index contributed by atoms with van der Waals surface area (Å²) in [5.74, 6) is 1.01. The van der Waals surface area contributed by atoms with Crippen LogP contribution in [0.25, 0.3) is 0 Å². The van der Waals surface area contributed by atoms with E-state index in [-0.39, 0.29) is 24.0 Å². The van der Waals surface area contributed by atoms with Crippen molar-refractivity contribution >= 4 is 29.9 Å². The molecule has 2 aromatic rings. The molecule has 2 fully saturated rings. The average molecular weight is 495 g/mol. The third-order valence-electron chi connectivity index (χ3n) is 5.54. The van der Waals surface area contributed by atoms with Crippen molar-refractivity contribution in [2.45, 2.75) is 32.9 Å². The Morgan fingerprint density at radius 1 is 1.25 bits per heavy atom. The fourth-order valence-electron chi connectivity index (χ4n) is 4.02. The van der Waals surface area contributed by atoms with Gasteiger partial charge in [0.15, 0.2) is 5.96 Å². The molecule has 1 spiro atoms. The van der Waals surface area contributed by atoms with Crippen LogP contribution in [0.15, 0.2) is 47.7 Å². The first-order valence-electron chi connectivity index (χ1n) is 9.93. The molecule has 1 atom stereocenters. The van der Waals surface area contributed by atoms with Gasteiger partial charge in [-0.25, -0.2) is 4.99 Å². The zero-order valence-electron chi connectivity index (χ0n) is 16.5. The Morgan fingerprint density at radius 2 is 2.11 bits per heavy atom. The number of rotatable bonds is 5. The SMILES string of the molecule is CCNC(=NCc1cnn(Cc2ccccc2)c1)N1CCC2(CCOC2)C1.I. The van der Waals surface area contributed by atoms with Crippen LogP contribution in [0.2, 0.25) is 0 Å². The lowest BCUT2D eigenvalue weighted by Gasteiger charge is -2.24. The molecule has 3 heterocycles. The number of halogens is 1. The smallest absolute Gasteiger partial charge is 0.194 e. The monoisotopic (exact) mass is 495 g/mol. The lowest BCUT2D eigenvalue weighted by Crippen LogP contribution is -2.41. The topological polar surface area (TPSA) is 54.7 Å². The Labute approximate surface area is 184 Å². The summed E-state index contributed by atoms with van der Waals surface area (Å²) in [6, 6.07) is 10.4. The van der Waals surface area contributed by atoms with Crippen molar-refractivity contribution in [3.8, 4) is 0 Å². The molecule has 2 saturated heterocycles. The van der Waals surface area contributed by atoms with Crippen molar-refractivity contribution in [2.75, 3.05) is 32.8 Å². The number of aliphatic imine (C=N–C) groups is 1. The Morgan fingerprint density at radius 3 is 2.86 bits per heavy atom. The summed E-state index contributed by atoms with van der Waals surface area (Å²) >= 11 is 0. The third kappa shape index (κ3) is 5.05. The Balaban J connectivity index is 0.00000225. The number of nitrogens with one attached hydrogen (secondary N) is 1. The number of benzene rings is 1. The van der Waals surface area contributed by atoms with Crippen LogP contribution in [0.1, 0.15) is 30.9 Å². The van der Waals surface area contributed by atoms with Crippen LogP contribution in [-0.4, -0.2) is 53.5 Å². The molecule has 1 aromatic heterocycles. The minimum absolute atomic E-state index is 0. The van der Waals surface area contributed by atoms with Crippen LogP contribution in [-0.2, 0) is 17.8 Å². The van der Waals surface area contributed by atoms with Gasteiger partial charge in [-0.15, -0.1) is 24.0 Å². The molecular weight excluding hydrogens is 465 g/mol. The van der Waals surface area contributed by atoms with E-state index >= 15 is 0 Å². The molecule has 28 heavy (non-hydrogen) atoms. The first-order chi connectivity index (χ1) is 13.3. The molecule has 0 radical (unpaired) electrons. The van der Waals surface area contributed by atoms with E-state index in [1.165, 1.54) is 18.4 Å². The number of aromatic nitrogens is 2. The molecule has 7 heteroatoms. The van der Waals surface area contributed by atoms with Gasteiger partial charge in [-0.05, 0) is 25.3 Å². The summed E-state index contributed by atoms with van der Waals surface area (Å²) in [4.78, 5) is 7.27. The van der Waals surface area contributed by atoms with Crippen LogP contribution < -0.4 is 5.32 Å². The lowest BCUT2D eigenvalue weighted by molar-refractivity contribution is 0.156. The molecule has 1 aromatic carbocycles. The fraction of sp³-hybridized carbons (Fsp3) is 0.524. The van der Waals surface area contributed by atoms with Crippen LogP contribution >= 0.6 is 24.0 Å². The van der Waals surface area contributed by atoms with Crippen molar-refractivity contribution < 1.29 is 4.74 Å². The zero-order valence-corrected chi connectivity index (χ0v) is 18.8. The van der Waals surface area contributed by atoms with Gasteiger partial charge in [0.2, 0.25) is 0 Å². The zero-order chi connectivity index (χ0) is 18.5. The summed E-state index contributed by atoms with van der Waals surface area (Å²) in [6.45, 7) is 8.35. The number of hydrogen-bond donors (Lipinski definition) is 1. The van der Waals surface area contributed by atoms with Crippen molar-refractivity contribution in [1.29, 1.82) is 0 Å². The first-order valence-corrected chi connectivity index (χ1v) is 9.93. The van der Waals surface area contributed by atoms with E-state index in [0.29, 0.717) is 12.0 Å². The Bertz CT molecular complexity index is 770. The van der Waals surface area contributed by atoms with E-state index in [1.807, 2.05) is 16.9 Å². The second-order valence-corrected chi connectivity index (χ2v) is 7.68. The van der Waals surface area contributed by atoms with Gasteiger partial charge in [-0.2, -0.15) is 5.10 Å². The fourth-order valence-corrected chi connectivity index (χ4v) is 4.02. The van der Waals surface area contributed by atoms with Crippen LogP contribution in [0.3, 0.4) is 0 Å².